The molecule has 13 heavy (non-hydrogen) atoms. The van der Waals surface area contributed by atoms with Crippen LogP contribution in [0.4, 0.5) is 0 Å². The Kier molecular flexibility index (Phi) is 2.65. The standard InChI is InChI=1S/C8H14N4O/c1-5(2)8-6(4-7(9)13)10-11-12(8)3/h5H,4H2,1-3H3,(H2,9,13). The first-order valence-electron chi connectivity index (χ1n) is 4.19. The fourth-order valence-electron chi connectivity index (χ4n) is 1.41. The summed E-state index contributed by atoms with van der Waals surface area (Å²) in [7, 11) is 1.81. The van der Waals surface area contributed by atoms with Crippen molar-refractivity contribution in [1.29, 1.82) is 0 Å². The Morgan fingerprint density at radius 2 is 2.23 bits per heavy atom. The van der Waals surface area contributed by atoms with Crippen molar-refractivity contribution in [1.82, 2.24) is 15.0 Å². The van der Waals surface area contributed by atoms with Crippen molar-refractivity contribution in [3.8, 4) is 0 Å². The number of aryl methyl sites for hydroxylation is 1. The molecule has 1 aromatic heterocycles. The first-order chi connectivity index (χ1) is 6.02. The molecule has 0 aliphatic rings. The zero-order valence-electron chi connectivity index (χ0n) is 8.11. The molecule has 72 valence electrons. The van der Waals surface area contributed by atoms with Crippen LogP contribution in [-0.2, 0) is 18.3 Å². The van der Waals surface area contributed by atoms with Crippen molar-refractivity contribution < 1.29 is 4.79 Å². The van der Waals surface area contributed by atoms with E-state index in [1.165, 1.54) is 0 Å². The number of carbonyl (C=O) groups is 1. The topological polar surface area (TPSA) is 73.8 Å². The van der Waals surface area contributed by atoms with Crippen LogP contribution < -0.4 is 5.73 Å². The molecule has 0 spiro atoms. The maximum absolute atomic E-state index is 10.7. The summed E-state index contributed by atoms with van der Waals surface area (Å²) >= 11 is 0. The van der Waals surface area contributed by atoms with E-state index in [1.54, 1.807) is 4.68 Å². The van der Waals surface area contributed by atoms with Gasteiger partial charge >= 0.3 is 0 Å². The minimum Gasteiger partial charge on any atom is -0.369 e. The van der Waals surface area contributed by atoms with Crippen molar-refractivity contribution in [3.63, 3.8) is 0 Å². The van der Waals surface area contributed by atoms with Crippen LogP contribution in [0.1, 0.15) is 31.2 Å². The molecule has 0 atom stereocenters. The highest BCUT2D eigenvalue weighted by Gasteiger charge is 2.15. The van der Waals surface area contributed by atoms with Crippen LogP contribution in [0, 0.1) is 0 Å². The van der Waals surface area contributed by atoms with Crippen LogP contribution in [0.2, 0.25) is 0 Å². The lowest BCUT2D eigenvalue weighted by atomic mass is 10.1. The van der Waals surface area contributed by atoms with Gasteiger partial charge in [0.2, 0.25) is 5.91 Å². The highest BCUT2D eigenvalue weighted by Crippen LogP contribution is 2.16. The molecule has 1 amide bonds. The van der Waals surface area contributed by atoms with Crippen LogP contribution in [0.3, 0.4) is 0 Å². The van der Waals surface area contributed by atoms with Crippen molar-refractivity contribution in [2.24, 2.45) is 12.8 Å². The van der Waals surface area contributed by atoms with Crippen LogP contribution in [0.5, 0.6) is 0 Å². The summed E-state index contributed by atoms with van der Waals surface area (Å²) in [5.41, 5.74) is 6.74. The van der Waals surface area contributed by atoms with E-state index in [0.29, 0.717) is 11.6 Å². The summed E-state index contributed by atoms with van der Waals surface area (Å²) in [6, 6.07) is 0. The Balaban J connectivity index is 3.00. The second-order valence-electron chi connectivity index (χ2n) is 3.34. The fourth-order valence-corrected chi connectivity index (χ4v) is 1.41. The number of hydrogen-bond donors (Lipinski definition) is 1. The van der Waals surface area contributed by atoms with E-state index < -0.39 is 0 Å². The predicted octanol–water partition coefficient (Wildman–Crippen LogP) is -0.0337. The fraction of sp³-hybridized carbons (Fsp3) is 0.625. The summed E-state index contributed by atoms with van der Waals surface area (Å²) in [6.45, 7) is 4.06. The molecule has 2 N–H and O–H groups in total. The van der Waals surface area contributed by atoms with Gasteiger partial charge in [-0.15, -0.1) is 5.10 Å². The van der Waals surface area contributed by atoms with Crippen molar-refractivity contribution in [3.05, 3.63) is 11.4 Å². The quantitative estimate of drug-likeness (QED) is 0.713. The molecule has 0 unspecified atom stereocenters. The number of hydrogen-bond acceptors (Lipinski definition) is 3. The van der Waals surface area contributed by atoms with Gasteiger partial charge in [-0.2, -0.15) is 0 Å². The van der Waals surface area contributed by atoms with Gasteiger partial charge in [0.1, 0.15) is 0 Å². The lowest BCUT2D eigenvalue weighted by molar-refractivity contribution is -0.117. The number of nitrogens with zero attached hydrogens (tertiary/aromatic N) is 3. The summed E-state index contributed by atoms with van der Waals surface area (Å²) in [6.07, 6.45) is 0.168. The Labute approximate surface area is 76.9 Å². The summed E-state index contributed by atoms with van der Waals surface area (Å²) in [5.74, 6) is -0.0725. The summed E-state index contributed by atoms with van der Waals surface area (Å²) in [5, 5.41) is 7.74. The average molecular weight is 182 g/mol. The van der Waals surface area contributed by atoms with Crippen LogP contribution >= 0.6 is 0 Å². The van der Waals surface area contributed by atoms with Crippen molar-refractivity contribution >= 4 is 5.91 Å². The van der Waals surface area contributed by atoms with Gasteiger partial charge in [0.15, 0.2) is 0 Å². The molecule has 0 saturated heterocycles. The number of amides is 1. The molecule has 0 fully saturated rings. The van der Waals surface area contributed by atoms with Gasteiger partial charge in [0.25, 0.3) is 0 Å². The molecule has 5 nitrogen and oxygen atoms in total. The molecule has 1 heterocycles. The third-order valence-electron chi connectivity index (χ3n) is 1.83. The van der Waals surface area contributed by atoms with E-state index in [0.717, 1.165) is 5.69 Å². The second-order valence-corrected chi connectivity index (χ2v) is 3.34. The third-order valence-corrected chi connectivity index (χ3v) is 1.83. The van der Waals surface area contributed by atoms with E-state index in [-0.39, 0.29) is 12.3 Å². The van der Waals surface area contributed by atoms with Crippen LogP contribution in [0.15, 0.2) is 0 Å². The van der Waals surface area contributed by atoms with Gasteiger partial charge < -0.3 is 5.73 Å². The summed E-state index contributed by atoms with van der Waals surface area (Å²) in [4.78, 5) is 10.7. The minimum atomic E-state index is -0.373. The number of primary amides is 1. The molecular formula is C8H14N4O. The van der Waals surface area contributed by atoms with Gasteiger partial charge in [-0.3, -0.25) is 9.48 Å². The molecule has 0 radical (unpaired) electrons. The lowest BCUT2D eigenvalue weighted by Crippen LogP contribution is -2.15. The Morgan fingerprint density at radius 1 is 1.62 bits per heavy atom. The van der Waals surface area contributed by atoms with Gasteiger partial charge in [0, 0.05) is 7.05 Å². The molecule has 1 rings (SSSR count). The first kappa shape index (κ1) is 9.70. The highest BCUT2D eigenvalue weighted by atomic mass is 16.1. The Hall–Kier alpha value is -1.39. The maximum Gasteiger partial charge on any atom is 0.223 e. The molecule has 5 heteroatoms. The average Bonchev–Trinajstić information content (AvgIpc) is 2.30. The Morgan fingerprint density at radius 3 is 2.69 bits per heavy atom. The maximum atomic E-state index is 10.7. The normalized spacial score (nSPS) is 10.8. The summed E-state index contributed by atoms with van der Waals surface area (Å²) < 4.78 is 1.68. The van der Waals surface area contributed by atoms with Crippen molar-refractivity contribution in [2.45, 2.75) is 26.2 Å². The molecule has 0 aliphatic carbocycles. The van der Waals surface area contributed by atoms with E-state index in [4.69, 9.17) is 5.73 Å². The second kappa shape index (κ2) is 3.55. The van der Waals surface area contributed by atoms with Crippen LogP contribution in [0.25, 0.3) is 0 Å². The molecular weight excluding hydrogens is 168 g/mol. The van der Waals surface area contributed by atoms with E-state index >= 15 is 0 Å². The van der Waals surface area contributed by atoms with Gasteiger partial charge in [-0.25, -0.2) is 0 Å². The highest BCUT2D eigenvalue weighted by molar-refractivity contribution is 5.76. The third kappa shape index (κ3) is 2.05. The molecule has 0 aromatic carbocycles. The van der Waals surface area contributed by atoms with Crippen molar-refractivity contribution in [2.75, 3.05) is 0 Å². The lowest BCUT2D eigenvalue weighted by Gasteiger charge is -2.05. The van der Waals surface area contributed by atoms with Crippen LogP contribution in [-0.4, -0.2) is 20.9 Å². The van der Waals surface area contributed by atoms with E-state index in [9.17, 15) is 4.79 Å². The monoisotopic (exact) mass is 182 g/mol. The van der Waals surface area contributed by atoms with Gasteiger partial charge in [0.05, 0.1) is 17.8 Å². The van der Waals surface area contributed by atoms with Gasteiger partial charge in [-0.05, 0) is 5.92 Å². The molecule has 0 bridgehead atoms. The van der Waals surface area contributed by atoms with E-state index in [1.807, 2.05) is 20.9 Å². The molecule has 1 aromatic rings. The van der Waals surface area contributed by atoms with E-state index in [2.05, 4.69) is 10.3 Å². The SMILES string of the molecule is CC(C)c1c(CC(N)=O)nnn1C. The molecule has 0 saturated carbocycles. The molecule has 0 aliphatic heterocycles. The first-order valence-corrected chi connectivity index (χ1v) is 4.19. The number of carbonyl (C=O) groups excluding carboxylic acids is 1. The number of nitrogens with two attached hydrogens (primary N) is 1. The largest absolute Gasteiger partial charge is 0.369 e. The zero-order chi connectivity index (χ0) is 10.0. The number of rotatable bonds is 3. The zero-order valence-corrected chi connectivity index (χ0v) is 8.11. The van der Waals surface area contributed by atoms with Gasteiger partial charge in [-0.1, -0.05) is 19.1 Å². The Bertz CT molecular complexity index is 316. The predicted molar refractivity (Wildman–Crippen MR) is 48.0 cm³/mol. The smallest absolute Gasteiger partial charge is 0.223 e. The number of aromatic nitrogens is 3. The minimum absolute atomic E-state index is 0.168.